The fourth-order valence-electron chi connectivity index (χ4n) is 2.72. The number of rotatable bonds is 5. The first kappa shape index (κ1) is 18.8. The molecule has 5 nitrogen and oxygen atoms in total. The average Bonchev–Trinajstić information content (AvgIpc) is 2.99. The molecule has 1 amide bonds. The first-order chi connectivity index (χ1) is 12.7. The van der Waals surface area contributed by atoms with Crippen LogP contribution in [-0.2, 0) is 7.05 Å². The highest BCUT2D eigenvalue weighted by Gasteiger charge is 2.31. The van der Waals surface area contributed by atoms with Crippen molar-refractivity contribution >= 4 is 16.8 Å². The first-order valence-corrected chi connectivity index (χ1v) is 8.10. The Labute approximate surface area is 153 Å². The summed E-state index contributed by atoms with van der Waals surface area (Å²) in [5, 5.41) is 13.8. The minimum absolute atomic E-state index is 0.0298. The van der Waals surface area contributed by atoms with E-state index in [2.05, 4.69) is 10.1 Å². The number of hydrogen-bond acceptors (Lipinski definition) is 3. The number of ether oxygens (including phenoxy) is 1. The molecule has 1 aromatic heterocycles. The Morgan fingerprint density at radius 2 is 1.89 bits per heavy atom. The molecule has 3 aromatic rings. The predicted molar refractivity (Wildman–Crippen MR) is 93.3 cm³/mol. The van der Waals surface area contributed by atoms with Gasteiger partial charge in [0.25, 0.3) is 5.91 Å². The van der Waals surface area contributed by atoms with Crippen LogP contribution in [0.15, 0.2) is 54.7 Å². The Morgan fingerprint density at radius 1 is 1.19 bits per heavy atom. The number of nitrogens with zero attached hydrogens (tertiary/aromatic N) is 1. The van der Waals surface area contributed by atoms with Crippen LogP contribution in [0.4, 0.5) is 13.2 Å². The molecule has 0 spiro atoms. The van der Waals surface area contributed by atoms with Gasteiger partial charge in [-0.05, 0) is 53.4 Å². The lowest BCUT2D eigenvalue weighted by Gasteiger charge is -2.13. The maximum atomic E-state index is 12.1. The molecular weight excluding hydrogens is 361 g/mol. The third-order valence-electron chi connectivity index (χ3n) is 4.10. The lowest BCUT2D eigenvalue weighted by molar-refractivity contribution is -0.274. The second kappa shape index (κ2) is 7.32. The number of nitrogens with one attached hydrogen (secondary N) is 1. The van der Waals surface area contributed by atoms with Gasteiger partial charge in [-0.25, -0.2) is 0 Å². The summed E-state index contributed by atoms with van der Waals surface area (Å²) in [5.41, 5.74) is 1.84. The largest absolute Gasteiger partial charge is 0.573 e. The fourth-order valence-corrected chi connectivity index (χ4v) is 2.72. The number of aliphatic hydroxyl groups excluding tert-OH is 1. The van der Waals surface area contributed by atoms with Crippen molar-refractivity contribution in [1.29, 1.82) is 0 Å². The SMILES string of the molecule is Cn1ccc2cc([C@@H](O)CNC(=O)c3ccc(OC(F)(F)F)cc3)ccc21. The molecule has 0 saturated carbocycles. The minimum atomic E-state index is -4.78. The number of carbonyl (C=O) groups is 1. The number of carbonyl (C=O) groups excluding carboxylic acids is 1. The van der Waals surface area contributed by atoms with Crippen LogP contribution in [-0.4, -0.2) is 28.5 Å². The zero-order valence-corrected chi connectivity index (χ0v) is 14.3. The van der Waals surface area contributed by atoms with Gasteiger partial charge in [-0.15, -0.1) is 13.2 Å². The summed E-state index contributed by atoms with van der Waals surface area (Å²) in [6.07, 6.45) is -3.78. The molecule has 1 atom stereocenters. The number of aromatic nitrogens is 1. The fraction of sp³-hybridized carbons (Fsp3) is 0.211. The van der Waals surface area contributed by atoms with Crippen molar-refractivity contribution in [1.82, 2.24) is 9.88 Å². The van der Waals surface area contributed by atoms with E-state index < -0.39 is 24.1 Å². The molecule has 0 radical (unpaired) electrons. The van der Waals surface area contributed by atoms with Gasteiger partial charge in [0.15, 0.2) is 0 Å². The summed E-state index contributed by atoms with van der Waals surface area (Å²) in [6, 6.07) is 12.0. The van der Waals surface area contributed by atoms with Gasteiger partial charge in [-0.2, -0.15) is 0 Å². The van der Waals surface area contributed by atoms with Gasteiger partial charge < -0.3 is 19.7 Å². The van der Waals surface area contributed by atoms with Crippen LogP contribution in [0.1, 0.15) is 22.0 Å². The van der Waals surface area contributed by atoms with Crippen molar-refractivity contribution in [3.8, 4) is 5.75 Å². The summed E-state index contributed by atoms with van der Waals surface area (Å²) in [5.74, 6) is -0.913. The molecule has 142 valence electrons. The third-order valence-corrected chi connectivity index (χ3v) is 4.10. The van der Waals surface area contributed by atoms with Crippen LogP contribution >= 0.6 is 0 Å². The van der Waals surface area contributed by atoms with E-state index >= 15 is 0 Å². The maximum absolute atomic E-state index is 12.1. The van der Waals surface area contributed by atoms with Crippen LogP contribution in [0.3, 0.4) is 0 Å². The van der Waals surface area contributed by atoms with Crippen molar-refractivity contribution in [3.05, 3.63) is 65.9 Å². The third kappa shape index (κ3) is 4.59. The second-order valence-corrected chi connectivity index (χ2v) is 6.04. The Kier molecular flexibility index (Phi) is 5.09. The number of hydrogen-bond donors (Lipinski definition) is 2. The molecule has 0 bridgehead atoms. The number of aliphatic hydroxyl groups is 1. The molecule has 0 aliphatic rings. The summed E-state index contributed by atoms with van der Waals surface area (Å²) in [6.45, 7) is -0.0298. The Bertz CT molecular complexity index is 949. The number of fused-ring (bicyclic) bond motifs is 1. The predicted octanol–water partition coefficient (Wildman–Crippen LogP) is 3.54. The lowest BCUT2D eigenvalue weighted by Crippen LogP contribution is -2.28. The second-order valence-electron chi connectivity index (χ2n) is 6.04. The molecule has 0 aliphatic carbocycles. The number of halogens is 3. The monoisotopic (exact) mass is 378 g/mol. The molecule has 0 aliphatic heterocycles. The van der Waals surface area contributed by atoms with Gasteiger partial charge >= 0.3 is 6.36 Å². The zero-order chi connectivity index (χ0) is 19.6. The summed E-state index contributed by atoms with van der Waals surface area (Å²) < 4.78 is 42.1. The molecule has 0 fully saturated rings. The lowest BCUT2D eigenvalue weighted by atomic mass is 10.1. The van der Waals surface area contributed by atoms with Crippen molar-refractivity contribution in [3.63, 3.8) is 0 Å². The Morgan fingerprint density at radius 3 is 2.56 bits per heavy atom. The number of amides is 1. The quantitative estimate of drug-likeness (QED) is 0.714. The van der Waals surface area contributed by atoms with Crippen molar-refractivity contribution in [2.75, 3.05) is 6.54 Å². The summed E-state index contributed by atoms with van der Waals surface area (Å²) in [7, 11) is 1.92. The van der Waals surface area contributed by atoms with Crippen LogP contribution in [0.2, 0.25) is 0 Å². The molecule has 2 aromatic carbocycles. The van der Waals surface area contributed by atoms with Crippen LogP contribution < -0.4 is 10.1 Å². The Balaban J connectivity index is 1.60. The first-order valence-electron chi connectivity index (χ1n) is 8.10. The van der Waals surface area contributed by atoms with Gasteiger partial charge in [0.2, 0.25) is 0 Å². The van der Waals surface area contributed by atoms with Crippen LogP contribution in [0.25, 0.3) is 10.9 Å². The van der Waals surface area contributed by atoms with E-state index in [1.54, 1.807) is 6.07 Å². The van der Waals surface area contributed by atoms with Crippen molar-refractivity contribution in [2.24, 2.45) is 7.05 Å². The van der Waals surface area contributed by atoms with E-state index in [-0.39, 0.29) is 12.1 Å². The van der Waals surface area contributed by atoms with Gasteiger partial charge in [0.05, 0.1) is 6.10 Å². The number of alkyl halides is 3. The van der Waals surface area contributed by atoms with Gasteiger partial charge in [0.1, 0.15) is 5.75 Å². The molecule has 8 heteroatoms. The highest BCUT2D eigenvalue weighted by Crippen LogP contribution is 2.23. The average molecular weight is 378 g/mol. The van der Waals surface area contributed by atoms with Crippen LogP contribution in [0, 0.1) is 0 Å². The summed E-state index contributed by atoms with van der Waals surface area (Å²) in [4.78, 5) is 12.1. The highest BCUT2D eigenvalue weighted by molar-refractivity contribution is 5.94. The maximum Gasteiger partial charge on any atom is 0.573 e. The van der Waals surface area contributed by atoms with E-state index in [1.807, 2.05) is 36.0 Å². The van der Waals surface area contributed by atoms with Gasteiger partial charge in [0, 0.05) is 30.9 Å². The van der Waals surface area contributed by atoms with E-state index in [1.165, 1.54) is 12.1 Å². The van der Waals surface area contributed by atoms with Crippen molar-refractivity contribution in [2.45, 2.75) is 12.5 Å². The normalized spacial score (nSPS) is 12.8. The minimum Gasteiger partial charge on any atom is -0.406 e. The molecule has 0 saturated heterocycles. The summed E-state index contributed by atoms with van der Waals surface area (Å²) >= 11 is 0. The molecule has 1 heterocycles. The molecule has 27 heavy (non-hydrogen) atoms. The van der Waals surface area contributed by atoms with Gasteiger partial charge in [-0.3, -0.25) is 4.79 Å². The van der Waals surface area contributed by atoms with Crippen LogP contribution in [0.5, 0.6) is 5.75 Å². The number of aryl methyl sites for hydroxylation is 1. The molecule has 3 rings (SSSR count). The molecule has 0 unspecified atom stereocenters. The number of benzene rings is 2. The smallest absolute Gasteiger partial charge is 0.406 e. The molecule has 2 N–H and O–H groups in total. The van der Waals surface area contributed by atoms with E-state index in [0.29, 0.717) is 5.56 Å². The van der Waals surface area contributed by atoms with E-state index in [4.69, 9.17) is 0 Å². The zero-order valence-electron chi connectivity index (χ0n) is 14.3. The van der Waals surface area contributed by atoms with Gasteiger partial charge in [-0.1, -0.05) is 6.07 Å². The van der Waals surface area contributed by atoms with E-state index in [9.17, 15) is 23.1 Å². The Hall–Kier alpha value is -3.00. The topological polar surface area (TPSA) is 63.5 Å². The molecular formula is C19H17F3N2O3. The van der Waals surface area contributed by atoms with E-state index in [0.717, 1.165) is 23.0 Å². The van der Waals surface area contributed by atoms with Crippen molar-refractivity contribution < 1.29 is 27.8 Å². The highest BCUT2D eigenvalue weighted by atomic mass is 19.4. The standard InChI is InChI=1S/C19H17F3N2O3/c1-24-9-8-13-10-14(4-7-16(13)24)17(25)11-23-18(26)12-2-5-15(6-3-12)27-19(20,21)22/h2-10,17,25H,11H2,1H3,(H,23,26)/t17-/m0/s1.